The minimum absolute atomic E-state index is 1.04. The molecule has 1 aromatic heterocycles. The summed E-state index contributed by atoms with van der Waals surface area (Å²) in [6.07, 6.45) is 14.1. The van der Waals surface area contributed by atoms with Crippen molar-refractivity contribution in [3.8, 4) is 0 Å². The van der Waals surface area contributed by atoms with Crippen LogP contribution in [0.5, 0.6) is 0 Å². The van der Waals surface area contributed by atoms with E-state index in [1.165, 1.54) is 5.57 Å². The SMILES string of the molecule is C=Cc1ccnc(C2=CC=CCC2)c1C=C. The first-order valence-electron chi connectivity index (χ1n) is 5.46. The molecule has 0 saturated heterocycles. The Balaban J connectivity index is 2.55. The summed E-state index contributed by atoms with van der Waals surface area (Å²) in [5, 5.41) is 0. The number of hydrogen-bond acceptors (Lipinski definition) is 1. The fourth-order valence-corrected chi connectivity index (χ4v) is 1.94. The molecule has 0 saturated carbocycles. The molecule has 1 nitrogen and oxygen atoms in total. The standard InChI is InChI=1S/C15H15N/c1-3-12-10-11-16-15(14(12)4-2)13-8-6-5-7-9-13/h3-6,8,10-11H,1-2,7,9H2. The van der Waals surface area contributed by atoms with Crippen LogP contribution in [0.1, 0.15) is 29.7 Å². The van der Waals surface area contributed by atoms with Crippen LogP contribution < -0.4 is 0 Å². The Morgan fingerprint density at radius 2 is 2.12 bits per heavy atom. The molecule has 0 bridgehead atoms. The van der Waals surface area contributed by atoms with Crippen molar-refractivity contribution in [1.29, 1.82) is 0 Å². The maximum Gasteiger partial charge on any atom is 0.0739 e. The summed E-state index contributed by atoms with van der Waals surface area (Å²) in [5.41, 5.74) is 4.49. The lowest BCUT2D eigenvalue weighted by Gasteiger charge is -2.12. The molecule has 1 aromatic rings. The molecule has 0 aliphatic heterocycles. The number of rotatable bonds is 3. The third kappa shape index (κ3) is 1.89. The molecule has 0 N–H and O–H groups in total. The van der Waals surface area contributed by atoms with E-state index in [1.807, 2.05) is 24.4 Å². The number of allylic oxidation sites excluding steroid dienone is 4. The fourth-order valence-electron chi connectivity index (χ4n) is 1.94. The van der Waals surface area contributed by atoms with Gasteiger partial charge in [-0.15, -0.1) is 0 Å². The topological polar surface area (TPSA) is 12.9 Å². The molecule has 2 rings (SSSR count). The molecule has 0 atom stereocenters. The summed E-state index contributed by atoms with van der Waals surface area (Å²) in [5.74, 6) is 0. The highest BCUT2D eigenvalue weighted by molar-refractivity contribution is 5.77. The molecule has 0 radical (unpaired) electrons. The van der Waals surface area contributed by atoms with Crippen LogP contribution in [0.2, 0.25) is 0 Å². The van der Waals surface area contributed by atoms with E-state index in [2.05, 4.69) is 36.4 Å². The lowest BCUT2D eigenvalue weighted by Crippen LogP contribution is -1.97. The highest BCUT2D eigenvalue weighted by atomic mass is 14.7. The lowest BCUT2D eigenvalue weighted by atomic mass is 9.95. The van der Waals surface area contributed by atoms with E-state index in [9.17, 15) is 0 Å². The van der Waals surface area contributed by atoms with Crippen LogP contribution in [0.4, 0.5) is 0 Å². The highest BCUT2D eigenvalue weighted by Gasteiger charge is 2.10. The second-order valence-corrected chi connectivity index (χ2v) is 3.73. The third-order valence-corrected chi connectivity index (χ3v) is 2.77. The summed E-state index contributed by atoms with van der Waals surface area (Å²) < 4.78 is 0. The van der Waals surface area contributed by atoms with Crippen LogP contribution in [0, 0.1) is 0 Å². The Morgan fingerprint density at radius 3 is 2.75 bits per heavy atom. The second kappa shape index (κ2) is 4.75. The van der Waals surface area contributed by atoms with Crippen molar-refractivity contribution in [1.82, 2.24) is 4.98 Å². The molecular formula is C15H15N. The van der Waals surface area contributed by atoms with Gasteiger partial charge in [-0.25, -0.2) is 0 Å². The maximum atomic E-state index is 4.46. The van der Waals surface area contributed by atoms with Crippen LogP contribution in [0.25, 0.3) is 17.7 Å². The van der Waals surface area contributed by atoms with Crippen molar-refractivity contribution in [2.24, 2.45) is 0 Å². The Kier molecular flexibility index (Phi) is 3.16. The van der Waals surface area contributed by atoms with Gasteiger partial charge in [0.2, 0.25) is 0 Å². The average Bonchev–Trinajstić information content (AvgIpc) is 2.38. The van der Waals surface area contributed by atoms with Gasteiger partial charge in [-0.1, -0.05) is 43.5 Å². The smallest absolute Gasteiger partial charge is 0.0739 e. The van der Waals surface area contributed by atoms with Crippen molar-refractivity contribution < 1.29 is 0 Å². The summed E-state index contributed by atoms with van der Waals surface area (Å²) >= 11 is 0. The number of hydrogen-bond donors (Lipinski definition) is 0. The molecule has 0 amide bonds. The molecule has 0 unspecified atom stereocenters. The minimum atomic E-state index is 1.04. The quantitative estimate of drug-likeness (QED) is 0.730. The fraction of sp³-hybridized carbons (Fsp3) is 0.133. The summed E-state index contributed by atoms with van der Waals surface area (Å²) in [7, 11) is 0. The van der Waals surface area contributed by atoms with Crippen LogP contribution in [0.3, 0.4) is 0 Å². The van der Waals surface area contributed by atoms with Gasteiger partial charge in [-0.2, -0.15) is 0 Å². The molecule has 1 heteroatoms. The Labute approximate surface area is 96.5 Å². The van der Waals surface area contributed by atoms with Gasteiger partial charge in [0.1, 0.15) is 0 Å². The van der Waals surface area contributed by atoms with E-state index in [-0.39, 0.29) is 0 Å². The van der Waals surface area contributed by atoms with Gasteiger partial charge in [0.15, 0.2) is 0 Å². The predicted octanol–water partition coefficient (Wildman–Crippen LogP) is 4.10. The van der Waals surface area contributed by atoms with E-state index in [0.29, 0.717) is 0 Å². The predicted molar refractivity (Wildman–Crippen MR) is 70.8 cm³/mol. The average molecular weight is 209 g/mol. The summed E-state index contributed by atoms with van der Waals surface area (Å²) in [6, 6.07) is 1.97. The van der Waals surface area contributed by atoms with Gasteiger partial charge < -0.3 is 0 Å². The van der Waals surface area contributed by atoms with Crippen molar-refractivity contribution in [2.45, 2.75) is 12.8 Å². The lowest BCUT2D eigenvalue weighted by molar-refractivity contribution is 1.04. The van der Waals surface area contributed by atoms with Gasteiger partial charge in [0, 0.05) is 11.8 Å². The number of aromatic nitrogens is 1. The zero-order valence-electron chi connectivity index (χ0n) is 9.32. The third-order valence-electron chi connectivity index (χ3n) is 2.77. The van der Waals surface area contributed by atoms with Crippen molar-refractivity contribution >= 4 is 17.7 Å². The first-order valence-corrected chi connectivity index (χ1v) is 5.46. The molecular weight excluding hydrogens is 194 g/mol. The monoisotopic (exact) mass is 209 g/mol. The van der Waals surface area contributed by atoms with Crippen molar-refractivity contribution in [2.75, 3.05) is 0 Å². The Bertz CT molecular complexity index is 478. The van der Waals surface area contributed by atoms with Crippen LogP contribution in [0.15, 0.2) is 43.6 Å². The van der Waals surface area contributed by atoms with E-state index < -0.39 is 0 Å². The van der Waals surface area contributed by atoms with Gasteiger partial charge in [-0.05, 0) is 30.0 Å². The van der Waals surface area contributed by atoms with Crippen LogP contribution in [-0.4, -0.2) is 4.98 Å². The van der Waals surface area contributed by atoms with E-state index >= 15 is 0 Å². The molecule has 0 aromatic carbocycles. The number of nitrogens with zero attached hydrogens (tertiary/aromatic N) is 1. The maximum absolute atomic E-state index is 4.46. The molecule has 1 aliphatic rings. The summed E-state index contributed by atoms with van der Waals surface area (Å²) in [4.78, 5) is 4.46. The van der Waals surface area contributed by atoms with Gasteiger partial charge in [-0.3, -0.25) is 4.98 Å². The minimum Gasteiger partial charge on any atom is -0.256 e. The molecule has 16 heavy (non-hydrogen) atoms. The zero-order chi connectivity index (χ0) is 11.4. The number of pyridine rings is 1. The van der Waals surface area contributed by atoms with E-state index in [1.54, 1.807) is 0 Å². The van der Waals surface area contributed by atoms with Gasteiger partial charge in [0.25, 0.3) is 0 Å². The summed E-state index contributed by atoms with van der Waals surface area (Å²) in [6.45, 7) is 7.68. The van der Waals surface area contributed by atoms with Crippen molar-refractivity contribution in [3.05, 3.63) is 60.5 Å². The zero-order valence-corrected chi connectivity index (χ0v) is 9.32. The normalized spacial score (nSPS) is 14.4. The highest BCUT2D eigenvalue weighted by Crippen LogP contribution is 2.27. The molecule has 0 spiro atoms. The first kappa shape index (κ1) is 10.6. The molecule has 80 valence electrons. The van der Waals surface area contributed by atoms with E-state index in [0.717, 1.165) is 29.7 Å². The molecule has 0 fully saturated rings. The Morgan fingerprint density at radius 1 is 1.25 bits per heavy atom. The van der Waals surface area contributed by atoms with Crippen molar-refractivity contribution in [3.63, 3.8) is 0 Å². The molecule has 1 heterocycles. The van der Waals surface area contributed by atoms with Crippen LogP contribution in [-0.2, 0) is 0 Å². The second-order valence-electron chi connectivity index (χ2n) is 3.73. The first-order chi connectivity index (χ1) is 7.86. The van der Waals surface area contributed by atoms with Gasteiger partial charge >= 0.3 is 0 Å². The Hall–Kier alpha value is -1.89. The van der Waals surface area contributed by atoms with Gasteiger partial charge in [0.05, 0.1) is 5.69 Å². The van der Waals surface area contributed by atoms with Crippen LogP contribution >= 0.6 is 0 Å². The van der Waals surface area contributed by atoms with E-state index in [4.69, 9.17) is 0 Å². The largest absolute Gasteiger partial charge is 0.256 e. The molecule has 1 aliphatic carbocycles.